The molecule has 1 aromatic heterocycles. The fourth-order valence-corrected chi connectivity index (χ4v) is 2.15. The number of fused-ring (bicyclic) bond motifs is 1. The number of nitrogens with zero attached hydrogens (tertiary/aromatic N) is 2. The van der Waals surface area contributed by atoms with Gasteiger partial charge in [-0.25, -0.2) is 0 Å². The summed E-state index contributed by atoms with van der Waals surface area (Å²) in [5, 5.41) is 1.16. The molecule has 1 heterocycles. The molecule has 0 fully saturated rings. The van der Waals surface area contributed by atoms with Crippen molar-refractivity contribution in [2.75, 3.05) is 11.9 Å². The van der Waals surface area contributed by atoms with Gasteiger partial charge in [-0.15, -0.1) is 0 Å². The number of hydrogen-bond acceptors (Lipinski definition) is 2. The van der Waals surface area contributed by atoms with Crippen molar-refractivity contribution < 1.29 is 0 Å². The molecule has 2 heteroatoms. The van der Waals surface area contributed by atoms with Gasteiger partial charge in [0.2, 0.25) is 0 Å². The number of aromatic nitrogens is 1. The Labute approximate surface area is 107 Å². The summed E-state index contributed by atoms with van der Waals surface area (Å²) in [6.07, 6.45) is 1.84. The Kier molecular flexibility index (Phi) is 2.69. The quantitative estimate of drug-likeness (QED) is 0.666. The van der Waals surface area contributed by atoms with Crippen molar-refractivity contribution in [3.63, 3.8) is 0 Å². The average molecular weight is 234 g/mol. The third-order valence-corrected chi connectivity index (χ3v) is 3.12. The van der Waals surface area contributed by atoms with Gasteiger partial charge in [0.15, 0.2) is 0 Å². The molecular formula is C16H14N2. The van der Waals surface area contributed by atoms with Gasteiger partial charge in [-0.05, 0) is 24.3 Å². The highest BCUT2D eigenvalue weighted by Crippen LogP contribution is 2.29. The molecule has 2 aromatic carbocycles. The van der Waals surface area contributed by atoms with E-state index >= 15 is 0 Å². The summed E-state index contributed by atoms with van der Waals surface area (Å²) in [6, 6.07) is 20.6. The Morgan fingerprint density at radius 3 is 2.44 bits per heavy atom. The lowest BCUT2D eigenvalue weighted by Gasteiger charge is -2.20. The zero-order valence-electron chi connectivity index (χ0n) is 10.2. The topological polar surface area (TPSA) is 16.1 Å². The second-order valence-electron chi connectivity index (χ2n) is 4.25. The molecule has 0 saturated heterocycles. The second kappa shape index (κ2) is 4.49. The van der Waals surface area contributed by atoms with Crippen LogP contribution in [0.2, 0.25) is 0 Å². The van der Waals surface area contributed by atoms with Gasteiger partial charge in [-0.2, -0.15) is 0 Å². The molecule has 0 aliphatic heterocycles. The molecule has 2 nitrogen and oxygen atoms in total. The van der Waals surface area contributed by atoms with Crippen molar-refractivity contribution in [3.05, 3.63) is 66.9 Å². The van der Waals surface area contributed by atoms with Gasteiger partial charge in [0, 0.05) is 24.3 Å². The van der Waals surface area contributed by atoms with E-state index in [0.717, 1.165) is 22.3 Å². The summed E-state index contributed by atoms with van der Waals surface area (Å²) in [5.74, 6) is 0. The summed E-state index contributed by atoms with van der Waals surface area (Å²) in [6.45, 7) is 0. The Balaban J connectivity index is 2.15. The Bertz CT molecular complexity index is 657. The van der Waals surface area contributed by atoms with Gasteiger partial charge in [0.25, 0.3) is 0 Å². The van der Waals surface area contributed by atoms with Crippen molar-refractivity contribution in [3.8, 4) is 0 Å². The molecule has 88 valence electrons. The van der Waals surface area contributed by atoms with Crippen LogP contribution in [0.25, 0.3) is 10.9 Å². The third-order valence-electron chi connectivity index (χ3n) is 3.12. The van der Waals surface area contributed by atoms with E-state index in [1.54, 1.807) is 0 Å². The first-order chi connectivity index (χ1) is 8.86. The Morgan fingerprint density at radius 1 is 0.833 bits per heavy atom. The smallest absolute Gasteiger partial charge is 0.0938 e. The van der Waals surface area contributed by atoms with Gasteiger partial charge < -0.3 is 4.90 Å². The van der Waals surface area contributed by atoms with Crippen LogP contribution < -0.4 is 4.90 Å². The van der Waals surface area contributed by atoms with Crippen molar-refractivity contribution in [1.29, 1.82) is 0 Å². The molecule has 0 N–H and O–H groups in total. The summed E-state index contributed by atoms with van der Waals surface area (Å²) in [7, 11) is 2.07. The fraction of sp³-hybridized carbons (Fsp3) is 0.0625. The lowest BCUT2D eigenvalue weighted by atomic mass is 10.1. The van der Waals surface area contributed by atoms with Gasteiger partial charge in [-0.3, -0.25) is 4.98 Å². The van der Waals surface area contributed by atoms with Crippen molar-refractivity contribution in [1.82, 2.24) is 4.98 Å². The van der Waals surface area contributed by atoms with Crippen LogP contribution in [0.1, 0.15) is 0 Å². The van der Waals surface area contributed by atoms with Gasteiger partial charge in [0.05, 0.1) is 11.2 Å². The molecule has 18 heavy (non-hydrogen) atoms. The minimum atomic E-state index is 1.03. The second-order valence-corrected chi connectivity index (χ2v) is 4.25. The first kappa shape index (κ1) is 10.8. The Hall–Kier alpha value is -2.35. The van der Waals surface area contributed by atoms with E-state index in [-0.39, 0.29) is 0 Å². The monoisotopic (exact) mass is 234 g/mol. The number of rotatable bonds is 2. The van der Waals surface area contributed by atoms with E-state index in [1.807, 2.05) is 30.5 Å². The highest BCUT2D eigenvalue weighted by atomic mass is 15.1. The van der Waals surface area contributed by atoms with Gasteiger partial charge in [0.1, 0.15) is 0 Å². The largest absolute Gasteiger partial charge is 0.343 e. The molecule has 0 amide bonds. The molecule has 3 rings (SSSR count). The molecule has 0 radical (unpaired) electrons. The highest BCUT2D eigenvalue weighted by molar-refractivity contribution is 5.92. The summed E-state index contributed by atoms with van der Waals surface area (Å²) >= 11 is 0. The highest BCUT2D eigenvalue weighted by Gasteiger charge is 2.07. The Morgan fingerprint density at radius 2 is 1.61 bits per heavy atom. The average Bonchev–Trinajstić information content (AvgIpc) is 2.47. The summed E-state index contributed by atoms with van der Waals surface area (Å²) < 4.78 is 0. The van der Waals surface area contributed by atoms with E-state index < -0.39 is 0 Å². The van der Waals surface area contributed by atoms with Crippen LogP contribution in [0, 0.1) is 0 Å². The van der Waals surface area contributed by atoms with E-state index in [9.17, 15) is 0 Å². The van der Waals surface area contributed by atoms with Crippen LogP contribution in [-0.4, -0.2) is 12.0 Å². The van der Waals surface area contributed by atoms with Gasteiger partial charge in [-0.1, -0.05) is 36.4 Å². The van der Waals surface area contributed by atoms with E-state index in [4.69, 9.17) is 0 Å². The third kappa shape index (κ3) is 1.82. The maximum absolute atomic E-state index is 4.49. The van der Waals surface area contributed by atoms with Gasteiger partial charge >= 0.3 is 0 Å². The minimum Gasteiger partial charge on any atom is -0.343 e. The molecular weight excluding hydrogens is 220 g/mol. The molecule has 0 unspecified atom stereocenters. The minimum absolute atomic E-state index is 1.03. The number of anilines is 2. The lowest BCUT2D eigenvalue weighted by molar-refractivity contribution is 1.21. The lowest BCUT2D eigenvalue weighted by Crippen LogP contribution is -2.09. The number of para-hydroxylation sites is 2. The predicted octanol–water partition coefficient (Wildman–Crippen LogP) is 4.00. The van der Waals surface area contributed by atoms with E-state index in [0.29, 0.717) is 0 Å². The van der Waals surface area contributed by atoms with Crippen LogP contribution in [0.5, 0.6) is 0 Å². The summed E-state index contributed by atoms with van der Waals surface area (Å²) in [5.41, 5.74) is 3.32. The zero-order valence-corrected chi connectivity index (χ0v) is 10.2. The first-order valence-corrected chi connectivity index (χ1v) is 5.99. The number of hydrogen-bond donors (Lipinski definition) is 0. The zero-order chi connectivity index (χ0) is 12.4. The molecule has 0 aliphatic rings. The first-order valence-electron chi connectivity index (χ1n) is 5.99. The van der Waals surface area contributed by atoms with Crippen molar-refractivity contribution >= 4 is 22.3 Å². The SMILES string of the molecule is CN(c1ccccc1)c1cccc2cccnc12. The van der Waals surface area contributed by atoms with Crippen LogP contribution >= 0.6 is 0 Å². The van der Waals surface area contributed by atoms with Crippen molar-refractivity contribution in [2.45, 2.75) is 0 Å². The van der Waals surface area contributed by atoms with Crippen LogP contribution in [0.15, 0.2) is 66.9 Å². The molecule has 0 spiro atoms. The normalized spacial score (nSPS) is 10.5. The molecule has 0 aliphatic carbocycles. The standard InChI is InChI=1S/C16H14N2/c1-18(14-9-3-2-4-10-14)15-11-5-7-13-8-6-12-17-16(13)15/h2-12H,1H3. The molecule has 3 aromatic rings. The number of benzene rings is 2. The van der Waals surface area contributed by atoms with E-state index in [1.165, 1.54) is 0 Å². The maximum Gasteiger partial charge on any atom is 0.0938 e. The van der Waals surface area contributed by atoms with Crippen LogP contribution in [-0.2, 0) is 0 Å². The summed E-state index contributed by atoms with van der Waals surface area (Å²) in [4.78, 5) is 6.65. The molecule has 0 saturated carbocycles. The van der Waals surface area contributed by atoms with Crippen LogP contribution in [0.4, 0.5) is 11.4 Å². The number of pyridine rings is 1. The fourth-order valence-electron chi connectivity index (χ4n) is 2.15. The molecule has 0 bridgehead atoms. The predicted molar refractivity (Wildman–Crippen MR) is 76.2 cm³/mol. The van der Waals surface area contributed by atoms with Crippen molar-refractivity contribution in [2.24, 2.45) is 0 Å². The van der Waals surface area contributed by atoms with E-state index in [2.05, 4.69) is 53.3 Å². The molecule has 0 atom stereocenters. The maximum atomic E-state index is 4.49. The van der Waals surface area contributed by atoms with Crippen LogP contribution in [0.3, 0.4) is 0 Å².